The van der Waals surface area contributed by atoms with Gasteiger partial charge in [-0.25, -0.2) is 0 Å². The molecule has 0 aromatic heterocycles. The Morgan fingerprint density at radius 3 is 2.50 bits per heavy atom. The minimum absolute atomic E-state index is 0.0529. The van der Waals surface area contributed by atoms with Gasteiger partial charge >= 0.3 is 0 Å². The number of amides is 3. The molecule has 0 aromatic carbocycles. The normalized spacial score (nSPS) is 35.6. The van der Waals surface area contributed by atoms with Crippen LogP contribution in [-0.2, 0) is 14.4 Å². The number of nitrogens with two attached hydrogens (primary N) is 1. The number of carbonyl (C=O) groups excluding carboxylic acids is 3. The first-order chi connectivity index (χ1) is 8.39. The van der Waals surface area contributed by atoms with Crippen molar-refractivity contribution >= 4 is 17.7 Å². The maximum absolute atomic E-state index is 12.2. The van der Waals surface area contributed by atoms with Gasteiger partial charge in [0.05, 0.1) is 11.8 Å². The Bertz CT molecular complexity index is 401. The molecule has 3 amide bonds. The summed E-state index contributed by atoms with van der Waals surface area (Å²) in [6, 6.07) is -0.714. The number of hydrogen-bond acceptors (Lipinski definition) is 4. The van der Waals surface area contributed by atoms with E-state index in [1.807, 2.05) is 0 Å². The van der Waals surface area contributed by atoms with E-state index >= 15 is 0 Å². The van der Waals surface area contributed by atoms with Crippen molar-refractivity contribution in [2.75, 3.05) is 13.6 Å². The molecule has 1 saturated carbocycles. The minimum Gasteiger partial charge on any atom is -0.343 e. The Hall–Kier alpha value is -1.43. The summed E-state index contributed by atoms with van der Waals surface area (Å²) in [5, 5.41) is 2.67. The number of rotatable bonds is 3. The van der Waals surface area contributed by atoms with Gasteiger partial charge in [0.1, 0.15) is 6.04 Å². The number of likely N-dealkylation sites (N-methyl/N-ethyl adjacent to an activating group) is 1. The molecule has 2 rings (SSSR count). The van der Waals surface area contributed by atoms with Crippen molar-refractivity contribution in [1.82, 2.24) is 10.2 Å². The molecular weight excluding hydrogens is 234 g/mol. The van der Waals surface area contributed by atoms with Crippen molar-refractivity contribution in [2.45, 2.75) is 32.2 Å². The lowest BCUT2D eigenvalue weighted by Crippen LogP contribution is -2.56. The van der Waals surface area contributed by atoms with E-state index in [-0.39, 0.29) is 30.7 Å². The molecule has 1 unspecified atom stereocenters. The van der Waals surface area contributed by atoms with Gasteiger partial charge in [0, 0.05) is 13.6 Å². The van der Waals surface area contributed by atoms with Crippen molar-refractivity contribution in [3.63, 3.8) is 0 Å². The van der Waals surface area contributed by atoms with E-state index in [0.717, 1.165) is 17.7 Å². The Morgan fingerprint density at radius 1 is 1.50 bits per heavy atom. The second-order valence-electron chi connectivity index (χ2n) is 5.52. The third-order valence-electron chi connectivity index (χ3n) is 4.04. The summed E-state index contributed by atoms with van der Waals surface area (Å²) in [4.78, 5) is 36.3. The van der Waals surface area contributed by atoms with E-state index in [1.165, 1.54) is 7.05 Å². The molecule has 1 saturated heterocycles. The summed E-state index contributed by atoms with van der Waals surface area (Å²) in [6.45, 7) is 2.35. The number of carbonyl (C=O) groups is 3. The molecule has 2 fully saturated rings. The summed E-state index contributed by atoms with van der Waals surface area (Å²) in [5.41, 5.74) is 5.13. The molecule has 18 heavy (non-hydrogen) atoms. The molecule has 2 aliphatic rings. The number of nitrogens with zero attached hydrogens (tertiary/aromatic N) is 1. The number of nitrogens with one attached hydrogen (secondary N) is 1. The van der Waals surface area contributed by atoms with E-state index in [2.05, 4.69) is 12.2 Å². The molecule has 6 heteroatoms. The standard InChI is InChI=1S/C12H19N3O3/c1-7-4-12(5-7,6-13)11(18)14-8-3-9(16)15(2)10(8)17/h7-8H,3-6,13H2,1-2H3,(H,14,18). The largest absolute Gasteiger partial charge is 0.343 e. The van der Waals surface area contributed by atoms with Gasteiger partial charge in [-0.2, -0.15) is 0 Å². The number of imide groups is 1. The lowest BCUT2D eigenvalue weighted by molar-refractivity contribution is -0.142. The quantitative estimate of drug-likeness (QED) is 0.646. The predicted octanol–water partition coefficient (Wildman–Crippen LogP) is -0.765. The van der Waals surface area contributed by atoms with E-state index < -0.39 is 11.5 Å². The maximum atomic E-state index is 12.2. The summed E-state index contributed by atoms with van der Waals surface area (Å²) in [6.07, 6.45) is 1.55. The van der Waals surface area contributed by atoms with Gasteiger partial charge in [-0.1, -0.05) is 6.92 Å². The summed E-state index contributed by atoms with van der Waals surface area (Å²) in [7, 11) is 1.43. The third kappa shape index (κ3) is 1.90. The molecular formula is C12H19N3O3. The first-order valence-corrected chi connectivity index (χ1v) is 6.21. The van der Waals surface area contributed by atoms with Gasteiger partial charge in [-0.15, -0.1) is 0 Å². The highest BCUT2D eigenvalue weighted by Gasteiger charge is 2.49. The van der Waals surface area contributed by atoms with Crippen molar-refractivity contribution < 1.29 is 14.4 Å². The van der Waals surface area contributed by atoms with Crippen LogP contribution in [-0.4, -0.2) is 42.3 Å². The van der Waals surface area contributed by atoms with E-state index in [4.69, 9.17) is 5.73 Å². The molecule has 1 atom stereocenters. The summed E-state index contributed by atoms with van der Waals surface area (Å²) in [5.74, 6) is -0.297. The average molecular weight is 253 g/mol. The van der Waals surface area contributed by atoms with Crippen LogP contribution in [0.4, 0.5) is 0 Å². The minimum atomic E-state index is -0.714. The molecule has 0 spiro atoms. The van der Waals surface area contributed by atoms with Crippen LogP contribution in [0.1, 0.15) is 26.2 Å². The summed E-state index contributed by atoms with van der Waals surface area (Å²) >= 11 is 0. The van der Waals surface area contributed by atoms with Gasteiger partial charge < -0.3 is 11.1 Å². The monoisotopic (exact) mass is 253 g/mol. The van der Waals surface area contributed by atoms with Crippen LogP contribution in [0.25, 0.3) is 0 Å². The summed E-state index contributed by atoms with van der Waals surface area (Å²) < 4.78 is 0. The zero-order valence-corrected chi connectivity index (χ0v) is 10.7. The zero-order valence-electron chi connectivity index (χ0n) is 10.7. The highest BCUT2D eigenvalue weighted by atomic mass is 16.2. The fourth-order valence-corrected chi connectivity index (χ4v) is 2.90. The second-order valence-corrected chi connectivity index (χ2v) is 5.52. The number of likely N-dealkylation sites (tertiary alicyclic amines) is 1. The Morgan fingerprint density at radius 2 is 2.11 bits per heavy atom. The molecule has 0 bridgehead atoms. The average Bonchev–Trinajstić information content (AvgIpc) is 2.52. The molecule has 1 heterocycles. The van der Waals surface area contributed by atoms with Gasteiger partial charge in [-0.3, -0.25) is 19.3 Å². The molecule has 0 aromatic rings. The van der Waals surface area contributed by atoms with Crippen LogP contribution in [0.5, 0.6) is 0 Å². The SMILES string of the molecule is CC1CC(CN)(C(=O)NC2CC(=O)N(C)C2=O)C1. The molecule has 0 radical (unpaired) electrons. The van der Waals surface area contributed by atoms with Crippen LogP contribution in [0.3, 0.4) is 0 Å². The Balaban J connectivity index is 2.00. The van der Waals surface area contributed by atoms with Crippen molar-refractivity contribution in [2.24, 2.45) is 17.1 Å². The van der Waals surface area contributed by atoms with Gasteiger partial charge in [0.2, 0.25) is 11.8 Å². The topological polar surface area (TPSA) is 92.5 Å². The molecule has 1 aliphatic carbocycles. The third-order valence-corrected chi connectivity index (χ3v) is 4.04. The van der Waals surface area contributed by atoms with Gasteiger partial charge in [0.25, 0.3) is 5.91 Å². The van der Waals surface area contributed by atoms with Gasteiger partial charge in [-0.05, 0) is 18.8 Å². The lowest BCUT2D eigenvalue weighted by atomic mass is 9.62. The molecule has 6 nitrogen and oxygen atoms in total. The van der Waals surface area contributed by atoms with E-state index in [9.17, 15) is 14.4 Å². The van der Waals surface area contributed by atoms with Crippen LogP contribution < -0.4 is 11.1 Å². The second kappa shape index (κ2) is 4.35. The first kappa shape index (κ1) is 13.0. The van der Waals surface area contributed by atoms with E-state index in [0.29, 0.717) is 5.92 Å². The van der Waals surface area contributed by atoms with Crippen molar-refractivity contribution in [3.05, 3.63) is 0 Å². The fraction of sp³-hybridized carbons (Fsp3) is 0.750. The van der Waals surface area contributed by atoms with Crippen molar-refractivity contribution in [3.8, 4) is 0 Å². The van der Waals surface area contributed by atoms with Crippen LogP contribution in [0.15, 0.2) is 0 Å². The number of hydrogen-bond donors (Lipinski definition) is 2. The molecule has 3 N–H and O–H groups in total. The van der Waals surface area contributed by atoms with Crippen molar-refractivity contribution in [1.29, 1.82) is 0 Å². The van der Waals surface area contributed by atoms with Crippen LogP contribution in [0, 0.1) is 11.3 Å². The molecule has 100 valence electrons. The van der Waals surface area contributed by atoms with Crippen LogP contribution in [0.2, 0.25) is 0 Å². The predicted molar refractivity (Wildman–Crippen MR) is 64.2 cm³/mol. The Kier molecular flexibility index (Phi) is 3.14. The highest BCUT2D eigenvalue weighted by Crippen LogP contribution is 2.44. The smallest absolute Gasteiger partial charge is 0.252 e. The highest BCUT2D eigenvalue weighted by molar-refractivity contribution is 6.06. The maximum Gasteiger partial charge on any atom is 0.252 e. The van der Waals surface area contributed by atoms with Crippen LogP contribution >= 0.6 is 0 Å². The lowest BCUT2D eigenvalue weighted by Gasteiger charge is -2.44. The van der Waals surface area contributed by atoms with E-state index in [1.54, 1.807) is 0 Å². The molecule has 1 aliphatic heterocycles. The zero-order chi connectivity index (χ0) is 13.5. The Labute approximate surface area is 106 Å². The first-order valence-electron chi connectivity index (χ1n) is 6.21. The fourth-order valence-electron chi connectivity index (χ4n) is 2.90. The van der Waals surface area contributed by atoms with Gasteiger partial charge in [0.15, 0.2) is 0 Å².